The molecule has 2 aromatic rings. The molecule has 2 aromatic carbocycles. The van der Waals surface area contributed by atoms with Crippen molar-refractivity contribution in [2.75, 3.05) is 20.6 Å². The molecule has 0 aliphatic heterocycles. The number of benzene rings is 2. The second kappa shape index (κ2) is 6.50. The fraction of sp³-hybridized carbons (Fsp3) is 0.188. The Morgan fingerprint density at radius 2 is 1.74 bits per heavy atom. The van der Waals surface area contributed by atoms with E-state index in [0.717, 1.165) is 10.8 Å². The number of fused-ring (bicyclic) bond motifs is 1. The summed E-state index contributed by atoms with van der Waals surface area (Å²) >= 11 is 0. The van der Waals surface area contributed by atoms with Crippen molar-refractivity contribution in [1.82, 2.24) is 4.90 Å². The van der Waals surface area contributed by atoms with Crippen molar-refractivity contribution in [3.05, 3.63) is 60.2 Å². The second-order valence-electron chi connectivity index (χ2n) is 4.73. The number of halogens is 1. The molecule has 2 rings (SSSR count). The quantitative estimate of drug-likeness (QED) is 0.628. The second-order valence-corrected chi connectivity index (χ2v) is 4.73. The summed E-state index contributed by atoms with van der Waals surface area (Å²) in [6, 6.07) is 13.8. The van der Waals surface area contributed by atoms with Gasteiger partial charge in [-0.15, -0.1) is 12.4 Å². The minimum Gasteiger partial charge on any atom is -0.305 e. The van der Waals surface area contributed by atoms with E-state index in [9.17, 15) is 4.79 Å². The molecule has 0 saturated heterocycles. The Kier molecular flexibility index (Phi) is 5.28. The first-order valence-electron chi connectivity index (χ1n) is 5.94. The highest BCUT2D eigenvalue weighted by atomic mass is 35.5. The summed E-state index contributed by atoms with van der Waals surface area (Å²) in [5, 5.41) is 2.23. The Morgan fingerprint density at radius 3 is 2.37 bits per heavy atom. The van der Waals surface area contributed by atoms with Gasteiger partial charge in [0.2, 0.25) is 0 Å². The van der Waals surface area contributed by atoms with Crippen LogP contribution in [0.3, 0.4) is 0 Å². The van der Waals surface area contributed by atoms with E-state index in [0.29, 0.717) is 17.7 Å². The van der Waals surface area contributed by atoms with Crippen molar-refractivity contribution >= 4 is 29.0 Å². The third kappa shape index (κ3) is 3.66. The number of hydrogen-bond donors (Lipinski definition) is 0. The van der Waals surface area contributed by atoms with Crippen molar-refractivity contribution in [3.8, 4) is 0 Å². The van der Waals surface area contributed by atoms with E-state index in [1.165, 1.54) is 0 Å². The Labute approximate surface area is 120 Å². The first-order valence-corrected chi connectivity index (χ1v) is 5.94. The number of hydrogen-bond acceptors (Lipinski definition) is 2. The van der Waals surface area contributed by atoms with Crippen LogP contribution in [0, 0.1) is 0 Å². The molecule has 0 aromatic heterocycles. The maximum Gasteiger partial charge on any atom is 0.189 e. The molecule has 0 aliphatic rings. The van der Waals surface area contributed by atoms with Crippen molar-refractivity contribution in [3.63, 3.8) is 0 Å². The standard InChI is InChI=1S/C16H17NO.ClH/c1-12(11-17(2)3)16(18)15-9-8-13-6-4-5-7-14(13)10-15;/h4-10H,1,11H2,2-3H3;1H. The number of nitrogens with zero attached hydrogens (tertiary/aromatic N) is 1. The molecule has 0 heterocycles. The molecule has 0 unspecified atom stereocenters. The molecule has 0 fully saturated rings. The summed E-state index contributed by atoms with van der Waals surface area (Å²) in [7, 11) is 3.86. The van der Waals surface area contributed by atoms with Gasteiger partial charge in [-0.05, 0) is 30.9 Å². The zero-order chi connectivity index (χ0) is 13.1. The molecule has 0 amide bonds. The Bertz CT molecular complexity index is 604. The Balaban J connectivity index is 0.00000180. The zero-order valence-electron chi connectivity index (χ0n) is 11.2. The van der Waals surface area contributed by atoms with E-state index in [2.05, 4.69) is 6.58 Å². The Morgan fingerprint density at radius 1 is 1.11 bits per heavy atom. The van der Waals surface area contributed by atoms with Crippen LogP contribution in [0.5, 0.6) is 0 Å². The van der Waals surface area contributed by atoms with Crippen molar-refractivity contribution in [1.29, 1.82) is 0 Å². The first kappa shape index (κ1) is 15.4. The molecule has 0 saturated carbocycles. The van der Waals surface area contributed by atoms with Crippen molar-refractivity contribution < 1.29 is 4.79 Å². The van der Waals surface area contributed by atoms with Gasteiger partial charge < -0.3 is 4.90 Å². The third-order valence-electron chi connectivity index (χ3n) is 2.84. The van der Waals surface area contributed by atoms with Gasteiger partial charge in [0.15, 0.2) is 5.78 Å². The fourth-order valence-corrected chi connectivity index (χ4v) is 1.99. The maximum atomic E-state index is 12.2. The topological polar surface area (TPSA) is 20.3 Å². The number of likely N-dealkylation sites (N-methyl/N-ethyl adjacent to an activating group) is 1. The lowest BCUT2D eigenvalue weighted by molar-refractivity contribution is 0.102. The molecule has 0 atom stereocenters. The molecule has 100 valence electrons. The van der Waals surface area contributed by atoms with Crippen LogP contribution in [0.25, 0.3) is 10.8 Å². The molecule has 0 bridgehead atoms. The summed E-state index contributed by atoms with van der Waals surface area (Å²) in [6.07, 6.45) is 0. The van der Waals surface area contributed by atoms with Gasteiger partial charge in [-0.1, -0.05) is 43.0 Å². The highest BCUT2D eigenvalue weighted by molar-refractivity contribution is 6.10. The molecule has 2 nitrogen and oxygen atoms in total. The monoisotopic (exact) mass is 275 g/mol. The Hall–Kier alpha value is -1.64. The lowest BCUT2D eigenvalue weighted by atomic mass is 10.0. The normalized spacial score (nSPS) is 10.3. The number of ketones is 1. The van der Waals surface area contributed by atoms with Gasteiger partial charge >= 0.3 is 0 Å². The minimum absolute atomic E-state index is 0. The average Bonchev–Trinajstić information content (AvgIpc) is 2.36. The fourth-order valence-electron chi connectivity index (χ4n) is 1.99. The highest BCUT2D eigenvalue weighted by Crippen LogP contribution is 2.17. The predicted octanol–water partition coefficient (Wildman–Crippen LogP) is 3.56. The minimum atomic E-state index is 0. The van der Waals surface area contributed by atoms with E-state index in [-0.39, 0.29) is 18.2 Å². The molecule has 0 spiro atoms. The van der Waals surface area contributed by atoms with Gasteiger partial charge in [-0.2, -0.15) is 0 Å². The van der Waals surface area contributed by atoms with Crippen LogP contribution < -0.4 is 0 Å². The van der Waals surface area contributed by atoms with Gasteiger partial charge in [0, 0.05) is 17.7 Å². The molecule has 0 N–H and O–H groups in total. The third-order valence-corrected chi connectivity index (χ3v) is 2.84. The van der Waals surface area contributed by atoms with E-state index in [1.807, 2.05) is 61.5 Å². The van der Waals surface area contributed by atoms with Crippen LogP contribution >= 0.6 is 12.4 Å². The summed E-state index contributed by atoms with van der Waals surface area (Å²) in [5.41, 5.74) is 1.33. The largest absolute Gasteiger partial charge is 0.305 e. The van der Waals surface area contributed by atoms with Crippen LogP contribution in [-0.2, 0) is 0 Å². The number of rotatable bonds is 4. The van der Waals surface area contributed by atoms with E-state index >= 15 is 0 Å². The molecule has 0 aliphatic carbocycles. The summed E-state index contributed by atoms with van der Waals surface area (Å²) < 4.78 is 0. The van der Waals surface area contributed by atoms with Crippen LogP contribution in [0.1, 0.15) is 10.4 Å². The lowest BCUT2D eigenvalue weighted by Gasteiger charge is -2.11. The van der Waals surface area contributed by atoms with Gasteiger partial charge in [0.1, 0.15) is 0 Å². The maximum absolute atomic E-state index is 12.2. The van der Waals surface area contributed by atoms with Gasteiger partial charge in [0.25, 0.3) is 0 Å². The van der Waals surface area contributed by atoms with Gasteiger partial charge in [-0.25, -0.2) is 0 Å². The summed E-state index contributed by atoms with van der Waals surface area (Å²) in [6.45, 7) is 4.45. The zero-order valence-corrected chi connectivity index (χ0v) is 12.0. The van der Waals surface area contributed by atoms with Crippen molar-refractivity contribution in [2.45, 2.75) is 0 Å². The van der Waals surface area contributed by atoms with Crippen LogP contribution in [0.15, 0.2) is 54.6 Å². The molecular formula is C16H18ClNO. The van der Waals surface area contributed by atoms with Gasteiger partial charge in [0.05, 0.1) is 0 Å². The smallest absolute Gasteiger partial charge is 0.189 e. The summed E-state index contributed by atoms with van der Waals surface area (Å²) in [4.78, 5) is 14.1. The molecule has 19 heavy (non-hydrogen) atoms. The number of Topliss-reactive ketones (excluding diaryl/α,β-unsaturated/α-hetero) is 1. The molecular weight excluding hydrogens is 258 g/mol. The summed E-state index contributed by atoms with van der Waals surface area (Å²) in [5.74, 6) is 0.0226. The van der Waals surface area contributed by atoms with Crippen LogP contribution in [0.2, 0.25) is 0 Å². The predicted molar refractivity (Wildman–Crippen MR) is 83.2 cm³/mol. The molecule has 3 heteroatoms. The SMILES string of the molecule is C=C(CN(C)C)C(=O)c1ccc2ccccc2c1.Cl. The van der Waals surface area contributed by atoms with Crippen LogP contribution in [0.4, 0.5) is 0 Å². The van der Waals surface area contributed by atoms with E-state index < -0.39 is 0 Å². The lowest BCUT2D eigenvalue weighted by Crippen LogP contribution is -2.19. The van der Waals surface area contributed by atoms with Crippen molar-refractivity contribution in [2.24, 2.45) is 0 Å². The van der Waals surface area contributed by atoms with E-state index in [1.54, 1.807) is 0 Å². The first-order chi connectivity index (χ1) is 8.58. The van der Waals surface area contributed by atoms with Crippen LogP contribution in [-0.4, -0.2) is 31.3 Å². The number of carbonyl (C=O) groups is 1. The van der Waals surface area contributed by atoms with Gasteiger partial charge in [-0.3, -0.25) is 4.79 Å². The highest BCUT2D eigenvalue weighted by Gasteiger charge is 2.11. The number of carbonyl (C=O) groups excluding carboxylic acids is 1. The van der Waals surface area contributed by atoms with E-state index in [4.69, 9.17) is 0 Å². The molecule has 0 radical (unpaired) electrons. The average molecular weight is 276 g/mol.